The molecular weight excluding hydrogens is 266 g/mol. The molecule has 1 amide bonds. The van der Waals surface area contributed by atoms with Crippen LogP contribution in [0.3, 0.4) is 0 Å². The molecule has 1 aromatic rings. The van der Waals surface area contributed by atoms with E-state index in [1.165, 1.54) is 0 Å². The summed E-state index contributed by atoms with van der Waals surface area (Å²) in [6.07, 6.45) is 4.34. The summed E-state index contributed by atoms with van der Waals surface area (Å²) in [5.41, 5.74) is 0.0504. The SMILES string of the molecule is CCCCOc1ccc(C(=O)N2CC(O)(C3CC3)C2)cc1. The predicted octanol–water partition coefficient (Wildman–Crippen LogP) is 2.46. The molecule has 21 heavy (non-hydrogen) atoms. The minimum absolute atomic E-state index is 0.000401. The summed E-state index contributed by atoms with van der Waals surface area (Å²) in [5, 5.41) is 10.3. The molecular formula is C17H23NO3. The molecule has 1 saturated carbocycles. The summed E-state index contributed by atoms with van der Waals surface area (Å²) in [4.78, 5) is 14.0. The van der Waals surface area contributed by atoms with Crippen molar-refractivity contribution in [2.75, 3.05) is 19.7 Å². The molecule has 114 valence electrons. The van der Waals surface area contributed by atoms with Crippen molar-refractivity contribution in [3.05, 3.63) is 29.8 Å². The van der Waals surface area contributed by atoms with Crippen molar-refractivity contribution in [1.29, 1.82) is 0 Å². The molecule has 4 heteroatoms. The summed E-state index contributed by atoms with van der Waals surface area (Å²) in [6.45, 7) is 3.79. The predicted molar refractivity (Wildman–Crippen MR) is 80.4 cm³/mol. The van der Waals surface area contributed by atoms with Crippen LogP contribution in [0.5, 0.6) is 5.75 Å². The maximum atomic E-state index is 12.3. The van der Waals surface area contributed by atoms with E-state index >= 15 is 0 Å². The number of carbonyl (C=O) groups is 1. The van der Waals surface area contributed by atoms with Crippen molar-refractivity contribution in [1.82, 2.24) is 4.90 Å². The summed E-state index contributed by atoms with van der Waals surface area (Å²) < 4.78 is 5.59. The van der Waals surface area contributed by atoms with Crippen LogP contribution in [-0.2, 0) is 0 Å². The number of hydrogen-bond donors (Lipinski definition) is 1. The van der Waals surface area contributed by atoms with Crippen molar-refractivity contribution in [3.8, 4) is 5.75 Å². The first-order chi connectivity index (χ1) is 10.1. The normalized spacial score (nSPS) is 20.0. The number of unbranched alkanes of at least 4 members (excludes halogenated alkanes) is 1. The van der Waals surface area contributed by atoms with Gasteiger partial charge < -0.3 is 14.7 Å². The van der Waals surface area contributed by atoms with Crippen LogP contribution >= 0.6 is 0 Å². The van der Waals surface area contributed by atoms with Gasteiger partial charge in [-0.15, -0.1) is 0 Å². The molecule has 3 rings (SSSR count). The van der Waals surface area contributed by atoms with Crippen LogP contribution in [0.2, 0.25) is 0 Å². The molecule has 1 aromatic carbocycles. The van der Waals surface area contributed by atoms with E-state index in [0.717, 1.165) is 31.4 Å². The Hall–Kier alpha value is -1.55. The Morgan fingerprint density at radius 1 is 1.33 bits per heavy atom. The maximum absolute atomic E-state index is 12.3. The number of β-amino-alcohol motifs (C(OH)–C–C–N with tert-alkyl or cyclic N) is 1. The van der Waals surface area contributed by atoms with Crippen LogP contribution in [0.1, 0.15) is 43.0 Å². The van der Waals surface area contributed by atoms with Crippen LogP contribution in [0.25, 0.3) is 0 Å². The molecule has 2 fully saturated rings. The van der Waals surface area contributed by atoms with Crippen molar-refractivity contribution in [2.24, 2.45) is 5.92 Å². The van der Waals surface area contributed by atoms with Gasteiger partial charge in [-0.25, -0.2) is 0 Å². The minimum Gasteiger partial charge on any atom is -0.494 e. The second-order valence-electron chi connectivity index (χ2n) is 6.27. The first kappa shape index (κ1) is 14.4. The smallest absolute Gasteiger partial charge is 0.254 e. The number of benzene rings is 1. The van der Waals surface area contributed by atoms with Gasteiger partial charge in [0.15, 0.2) is 0 Å². The fourth-order valence-electron chi connectivity index (χ4n) is 2.85. The zero-order chi connectivity index (χ0) is 14.9. The lowest BCUT2D eigenvalue weighted by molar-refractivity contribution is -0.0958. The van der Waals surface area contributed by atoms with Gasteiger partial charge in [0, 0.05) is 5.56 Å². The highest BCUT2D eigenvalue weighted by molar-refractivity contribution is 5.95. The Balaban J connectivity index is 1.53. The molecule has 0 atom stereocenters. The minimum atomic E-state index is -0.612. The van der Waals surface area contributed by atoms with Crippen molar-refractivity contribution in [3.63, 3.8) is 0 Å². The van der Waals surface area contributed by atoms with Gasteiger partial charge >= 0.3 is 0 Å². The van der Waals surface area contributed by atoms with Gasteiger partial charge in [0.2, 0.25) is 0 Å². The van der Waals surface area contributed by atoms with Crippen LogP contribution in [0.4, 0.5) is 0 Å². The second kappa shape index (κ2) is 5.68. The van der Waals surface area contributed by atoms with E-state index in [1.807, 2.05) is 12.1 Å². The highest BCUT2D eigenvalue weighted by Gasteiger charge is 2.53. The monoisotopic (exact) mass is 289 g/mol. The number of carbonyl (C=O) groups excluding carboxylic acids is 1. The Morgan fingerprint density at radius 3 is 2.57 bits per heavy atom. The van der Waals surface area contributed by atoms with Gasteiger partial charge in [0.25, 0.3) is 5.91 Å². The summed E-state index contributed by atoms with van der Waals surface area (Å²) in [7, 11) is 0. The number of likely N-dealkylation sites (tertiary alicyclic amines) is 1. The Kier molecular flexibility index (Phi) is 3.89. The standard InChI is InChI=1S/C17H23NO3/c1-2-3-10-21-15-8-4-13(5-9-15)16(19)18-11-17(20,12-18)14-6-7-14/h4-5,8-9,14,20H,2-3,6-7,10-12H2,1H3. The summed E-state index contributed by atoms with van der Waals surface area (Å²) >= 11 is 0. The molecule has 1 saturated heterocycles. The number of aliphatic hydroxyl groups is 1. The zero-order valence-corrected chi connectivity index (χ0v) is 12.5. The van der Waals surface area contributed by atoms with Gasteiger partial charge in [-0.3, -0.25) is 4.79 Å². The maximum Gasteiger partial charge on any atom is 0.254 e. The van der Waals surface area contributed by atoms with E-state index in [9.17, 15) is 9.90 Å². The van der Waals surface area contributed by atoms with Gasteiger partial charge in [-0.05, 0) is 49.4 Å². The average Bonchev–Trinajstić information content (AvgIpc) is 3.29. The van der Waals surface area contributed by atoms with Gasteiger partial charge in [-0.1, -0.05) is 13.3 Å². The van der Waals surface area contributed by atoms with Crippen LogP contribution < -0.4 is 4.74 Å². The average molecular weight is 289 g/mol. The fraction of sp³-hybridized carbons (Fsp3) is 0.588. The molecule has 0 spiro atoms. The van der Waals surface area contributed by atoms with Crippen LogP contribution in [0, 0.1) is 5.92 Å². The van der Waals surface area contributed by atoms with Gasteiger partial charge in [-0.2, -0.15) is 0 Å². The summed E-state index contributed by atoms with van der Waals surface area (Å²) in [5.74, 6) is 1.22. The molecule has 1 aliphatic heterocycles. The van der Waals surface area contributed by atoms with E-state index in [1.54, 1.807) is 17.0 Å². The Morgan fingerprint density at radius 2 is 2.00 bits per heavy atom. The quantitative estimate of drug-likeness (QED) is 0.818. The Bertz CT molecular complexity index is 501. The van der Waals surface area contributed by atoms with E-state index < -0.39 is 5.60 Å². The molecule has 0 unspecified atom stereocenters. The Labute approximate surface area is 125 Å². The third-order valence-corrected chi connectivity index (χ3v) is 4.42. The number of rotatable bonds is 6. The number of amides is 1. The van der Waals surface area contributed by atoms with Gasteiger partial charge in [0.1, 0.15) is 11.4 Å². The zero-order valence-electron chi connectivity index (χ0n) is 12.5. The molecule has 1 N–H and O–H groups in total. The van der Waals surface area contributed by atoms with E-state index in [-0.39, 0.29) is 5.91 Å². The lowest BCUT2D eigenvalue weighted by atomic mass is 9.88. The third-order valence-electron chi connectivity index (χ3n) is 4.42. The van der Waals surface area contributed by atoms with Crippen molar-refractivity contribution < 1.29 is 14.6 Å². The number of nitrogens with zero attached hydrogens (tertiary/aromatic N) is 1. The first-order valence-electron chi connectivity index (χ1n) is 7.87. The second-order valence-corrected chi connectivity index (χ2v) is 6.27. The van der Waals surface area contributed by atoms with E-state index in [0.29, 0.717) is 31.2 Å². The molecule has 0 bridgehead atoms. The molecule has 4 nitrogen and oxygen atoms in total. The highest BCUT2D eigenvalue weighted by Crippen LogP contribution is 2.44. The third kappa shape index (κ3) is 3.05. The summed E-state index contributed by atoms with van der Waals surface area (Å²) in [6, 6.07) is 7.29. The number of ether oxygens (including phenoxy) is 1. The van der Waals surface area contributed by atoms with E-state index in [4.69, 9.17) is 4.74 Å². The lowest BCUT2D eigenvalue weighted by Crippen LogP contribution is -2.64. The lowest BCUT2D eigenvalue weighted by Gasteiger charge is -2.47. The fourth-order valence-corrected chi connectivity index (χ4v) is 2.85. The molecule has 2 aliphatic rings. The topological polar surface area (TPSA) is 49.8 Å². The molecule has 0 aromatic heterocycles. The first-order valence-corrected chi connectivity index (χ1v) is 7.87. The largest absolute Gasteiger partial charge is 0.494 e. The van der Waals surface area contributed by atoms with Crippen LogP contribution in [0.15, 0.2) is 24.3 Å². The van der Waals surface area contributed by atoms with Gasteiger partial charge in [0.05, 0.1) is 19.7 Å². The molecule has 1 aliphatic carbocycles. The number of hydrogen-bond acceptors (Lipinski definition) is 3. The van der Waals surface area contributed by atoms with Crippen molar-refractivity contribution >= 4 is 5.91 Å². The van der Waals surface area contributed by atoms with Crippen LogP contribution in [-0.4, -0.2) is 41.2 Å². The molecule has 1 heterocycles. The van der Waals surface area contributed by atoms with E-state index in [2.05, 4.69) is 6.92 Å². The van der Waals surface area contributed by atoms with Crippen molar-refractivity contribution in [2.45, 2.75) is 38.2 Å². The highest BCUT2D eigenvalue weighted by atomic mass is 16.5. The molecule has 0 radical (unpaired) electrons.